The van der Waals surface area contributed by atoms with Gasteiger partial charge in [-0.1, -0.05) is 0 Å². The van der Waals surface area contributed by atoms with E-state index in [4.69, 9.17) is 9.84 Å². The minimum Gasteiger partial charge on any atom is -0.508 e. The summed E-state index contributed by atoms with van der Waals surface area (Å²) in [6, 6.07) is 6.60. The number of phenolic OH excluding ortho intramolecular Hbond substituents is 1. The number of anilines is 1. The zero-order valence-electron chi connectivity index (χ0n) is 9.22. The smallest absolute Gasteiger partial charge is 0.227 e. The van der Waals surface area contributed by atoms with Crippen molar-refractivity contribution in [3.05, 3.63) is 24.3 Å². The van der Waals surface area contributed by atoms with Crippen molar-refractivity contribution in [3.8, 4) is 5.75 Å². The molecule has 86 valence electrons. The molecule has 2 rings (SSSR count). The van der Waals surface area contributed by atoms with Crippen LogP contribution in [-0.2, 0) is 9.53 Å². The Morgan fingerprint density at radius 1 is 1.44 bits per heavy atom. The molecule has 0 aliphatic carbocycles. The van der Waals surface area contributed by atoms with Crippen LogP contribution in [-0.4, -0.2) is 31.3 Å². The lowest BCUT2D eigenvalue weighted by atomic mass is 10.0. The van der Waals surface area contributed by atoms with Gasteiger partial charge in [-0.25, -0.2) is 0 Å². The van der Waals surface area contributed by atoms with E-state index in [-0.39, 0.29) is 11.7 Å². The Bertz CT molecular complexity index is 370. The highest BCUT2D eigenvalue weighted by atomic mass is 16.5. The van der Waals surface area contributed by atoms with Crippen molar-refractivity contribution in [1.82, 2.24) is 0 Å². The van der Waals surface area contributed by atoms with Gasteiger partial charge >= 0.3 is 0 Å². The Labute approximate surface area is 94.4 Å². The second-order valence-corrected chi connectivity index (χ2v) is 4.08. The van der Waals surface area contributed by atoms with Gasteiger partial charge < -0.3 is 14.7 Å². The third-order valence-electron chi connectivity index (χ3n) is 2.78. The van der Waals surface area contributed by atoms with Crippen molar-refractivity contribution in [2.24, 2.45) is 5.92 Å². The maximum absolute atomic E-state index is 11.8. The number of carbonyl (C=O) groups is 1. The van der Waals surface area contributed by atoms with E-state index in [1.807, 2.05) is 0 Å². The number of benzene rings is 1. The molecule has 1 heterocycles. The van der Waals surface area contributed by atoms with Gasteiger partial charge in [0.15, 0.2) is 0 Å². The van der Waals surface area contributed by atoms with Gasteiger partial charge in [0.25, 0.3) is 0 Å². The molecule has 1 aliphatic heterocycles. The molecule has 1 fully saturated rings. The van der Waals surface area contributed by atoms with E-state index in [0.717, 1.165) is 5.69 Å². The van der Waals surface area contributed by atoms with Gasteiger partial charge in [0.1, 0.15) is 5.75 Å². The summed E-state index contributed by atoms with van der Waals surface area (Å²) in [5.41, 5.74) is 0.794. The van der Waals surface area contributed by atoms with Gasteiger partial charge in [-0.2, -0.15) is 0 Å². The van der Waals surface area contributed by atoms with Crippen LogP contribution in [0.2, 0.25) is 0 Å². The van der Waals surface area contributed by atoms with Gasteiger partial charge in [-0.3, -0.25) is 4.79 Å². The van der Waals surface area contributed by atoms with E-state index in [1.165, 1.54) is 0 Å². The van der Waals surface area contributed by atoms with Crippen LogP contribution in [0.3, 0.4) is 0 Å². The second kappa shape index (κ2) is 4.53. The van der Waals surface area contributed by atoms with Crippen LogP contribution in [0.4, 0.5) is 5.69 Å². The van der Waals surface area contributed by atoms with E-state index in [9.17, 15) is 4.79 Å². The van der Waals surface area contributed by atoms with E-state index in [1.54, 1.807) is 36.2 Å². The molecule has 4 heteroatoms. The van der Waals surface area contributed by atoms with Crippen LogP contribution in [0.5, 0.6) is 5.75 Å². The topological polar surface area (TPSA) is 49.8 Å². The summed E-state index contributed by atoms with van der Waals surface area (Å²) in [5.74, 6) is 0.656. The third kappa shape index (κ3) is 2.33. The minimum atomic E-state index is 0.0824. The van der Waals surface area contributed by atoms with Crippen LogP contribution in [0.15, 0.2) is 24.3 Å². The van der Waals surface area contributed by atoms with Gasteiger partial charge in [0, 0.05) is 25.1 Å². The molecule has 16 heavy (non-hydrogen) atoms. The van der Waals surface area contributed by atoms with Crippen molar-refractivity contribution >= 4 is 11.6 Å². The molecule has 1 aromatic rings. The van der Waals surface area contributed by atoms with Crippen molar-refractivity contribution in [2.75, 3.05) is 25.2 Å². The number of carbonyl (C=O) groups excluding carboxylic acids is 1. The monoisotopic (exact) mass is 221 g/mol. The second-order valence-electron chi connectivity index (χ2n) is 4.08. The van der Waals surface area contributed by atoms with Crippen molar-refractivity contribution in [2.45, 2.75) is 6.42 Å². The predicted octanol–water partition coefficient (Wildman–Crippen LogP) is 1.39. The Morgan fingerprint density at radius 2 is 2.06 bits per heavy atom. The molecule has 0 saturated carbocycles. The van der Waals surface area contributed by atoms with Crippen LogP contribution in [0, 0.1) is 5.92 Å². The number of amides is 1. The number of hydrogen-bond acceptors (Lipinski definition) is 3. The summed E-state index contributed by atoms with van der Waals surface area (Å²) >= 11 is 0. The molecule has 1 aromatic carbocycles. The molecular formula is C12H15NO3. The summed E-state index contributed by atoms with van der Waals surface area (Å²) in [6.07, 6.45) is 0.525. The summed E-state index contributed by atoms with van der Waals surface area (Å²) < 4.78 is 5.03. The van der Waals surface area contributed by atoms with E-state index >= 15 is 0 Å². The Kier molecular flexibility index (Phi) is 3.10. The molecule has 0 radical (unpaired) electrons. The van der Waals surface area contributed by atoms with Crippen LogP contribution in [0.25, 0.3) is 0 Å². The predicted molar refractivity (Wildman–Crippen MR) is 60.4 cm³/mol. The van der Waals surface area contributed by atoms with Crippen molar-refractivity contribution in [3.63, 3.8) is 0 Å². The fraction of sp³-hybridized carbons (Fsp3) is 0.417. The van der Waals surface area contributed by atoms with Gasteiger partial charge in [-0.15, -0.1) is 0 Å². The molecule has 1 aliphatic rings. The molecule has 4 nitrogen and oxygen atoms in total. The molecular weight excluding hydrogens is 206 g/mol. The fourth-order valence-electron chi connectivity index (χ4n) is 1.61. The van der Waals surface area contributed by atoms with Crippen molar-refractivity contribution in [1.29, 1.82) is 0 Å². The molecule has 1 saturated heterocycles. The highest BCUT2D eigenvalue weighted by molar-refractivity contribution is 5.93. The molecule has 0 unspecified atom stereocenters. The van der Waals surface area contributed by atoms with Gasteiger partial charge in [-0.05, 0) is 24.3 Å². The normalized spacial score (nSPS) is 15.6. The zero-order valence-corrected chi connectivity index (χ0v) is 9.22. The summed E-state index contributed by atoms with van der Waals surface area (Å²) in [5, 5.41) is 9.15. The summed E-state index contributed by atoms with van der Waals surface area (Å²) in [6.45, 7) is 1.38. The molecule has 0 spiro atoms. The quantitative estimate of drug-likeness (QED) is 0.839. The lowest BCUT2D eigenvalue weighted by Crippen LogP contribution is -2.35. The maximum Gasteiger partial charge on any atom is 0.227 e. The van der Waals surface area contributed by atoms with E-state index in [0.29, 0.717) is 25.6 Å². The Morgan fingerprint density at radius 3 is 2.56 bits per heavy atom. The molecule has 0 bridgehead atoms. The van der Waals surface area contributed by atoms with Gasteiger partial charge in [0.2, 0.25) is 5.91 Å². The Balaban J connectivity index is 1.97. The van der Waals surface area contributed by atoms with Crippen LogP contribution < -0.4 is 4.90 Å². The minimum absolute atomic E-state index is 0.0824. The lowest BCUT2D eigenvalue weighted by Gasteiger charge is -2.27. The maximum atomic E-state index is 11.8. The first-order valence-electron chi connectivity index (χ1n) is 5.30. The molecule has 1 amide bonds. The molecule has 0 atom stereocenters. The van der Waals surface area contributed by atoms with Crippen LogP contribution >= 0.6 is 0 Å². The first-order valence-corrected chi connectivity index (χ1v) is 5.30. The summed E-state index contributed by atoms with van der Waals surface area (Å²) in [7, 11) is 1.74. The average molecular weight is 221 g/mol. The van der Waals surface area contributed by atoms with Crippen molar-refractivity contribution < 1.29 is 14.6 Å². The zero-order chi connectivity index (χ0) is 11.5. The SMILES string of the molecule is CN(C(=O)CC1COC1)c1ccc(O)cc1. The highest BCUT2D eigenvalue weighted by Gasteiger charge is 2.23. The number of nitrogens with zero attached hydrogens (tertiary/aromatic N) is 1. The van der Waals surface area contributed by atoms with Crippen LogP contribution in [0.1, 0.15) is 6.42 Å². The standard InChI is InChI=1S/C12H15NO3/c1-13(10-2-4-11(14)5-3-10)12(15)6-9-7-16-8-9/h2-5,9,14H,6-8H2,1H3. The average Bonchev–Trinajstić information content (AvgIpc) is 2.23. The summed E-state index contributed by atoms with van der Waals surface area (Å²) in [4.78, 5) is 13.4. The number of ether oxygens (including phenoxy) is 1. The number of aromatic hydroxyl groups is 1. The lowest BCUT2D eigenvalue weighted by molar-refractivity contribution is -0.123. The van der Waals surface area contributed by atoms with E-state index < -0.39 is 0 Å². The number of phenols is 1. The third-order valence-corrected chi connectivity index (χ3v) is 2.78. The largest absolute Gasteiger partial charge is 0.508 e. The van der Waals surface area contributed by atoms with Gasteiger partial charge in [0.05, 0.1) is 13.2 Å². The fourth-order valence-corrected chi connectivity index (χ4v) is 1.61. The highest BCUT2D eigenvalue weighted by Crippen LogP contribution is 2.20. The first-order chi connectivity index (χ1) is 7.66. The Hall–Kier alpha value is -1.55. The first kappa shape index (κ1) is 11.0. The number of rotatable bonds is 3. The molecule has 1 N–H and O–H groups in total. The van der Waals surface area contributed by atoms with E-state index in [2.05, 4.69) is 0 Å². The molecule has 0 aromatic heterocycles. The number of hydrogen-bond donors (Lipinski definition) is 1.